The van der Waals surface area contributed by atoms with Crippen molar-refractivity contribution in [2.45, 2.75) is 6.42 Å². The van der Waals surface area contributed by atoms with Crippen molar-refractivity contribution in [3.05, 3.63) is 0 Å². The molecule has 1 atom stereocenters. The van der Waals surface area contributed by atoms with Crippen molar-refractivity contribution in [1.82, 2.24) is 5.32 Å². The zero-order valence-corrected chi connectivity index (χ0v) is 5.44. The molecule has 0 aromatic rings. The lowest BCUT2D eigenvalue weighted by Gasteiger charge is -1.94. The van der Waals surface area contributed by atoms with E-state index in [0.29, 0.717) is 0 Å². The van der Waals surface area contributed by atoms with E-state index in [1.807, 2.05) is 0 Å². The molecule has 0 aromatic carbocycles. The Balaban J connectivity index is 2.58. The van der Waals surface area contributed by atoms with E-state index < -0.39 is 0 Å². The molecule has 1 aliphatic rings. The van der Waals surface area contributed by atoms with E-state index in [4.69, 9.17) is 11.6 Å². The van der Waals surface area contributed by atoms with Crippen LogP contribution >= 0.6 is 11.6 Å². The normalized spacial score (nSPS) is 26.6. The Kier molecular flexibility index (Phi) is 1.71. The molecule has 9 heavy (non-hydrogen) atoms. The first-order valence-corrected chi connectivity index (χ1v) is 3.17. The number of carbonyl (C=O) groups excluding carboxylic acids is 2. The molecule has 1 unspecified atom stereocenters. The van der Waals surface area contributed by atoms with Crippen LogP contribution in [-0.4, -0.2) is 17.7 Å². The number of hydrogen-bond acceptors (Lipinski definition) is 2. The number of nitrogens with one attached hydrogen (secondary N) is 1. The van der Waals surface area contributed by atoms with Crippen LogP contribution < -0.4 is 5.32 Å². The molecule has 1 heterocycles. The number of alkyl halides is 1. The van der Waals surface area contributed by atoms with E-state index in [1.54, 1.807) is 0 Å². The van der Waals surface area contributed by atoms with Gasteiger partial charge in [0.15, 0.2) is 0 Å². The molecule has 0 bridgehead atoms. The van der Waals surface area contributed by atoms with E-state index in [0.717, 1.165) is 0 Å². The van der Waals surface area contributed by atoms with Crippen molar-refractivity contribution in [3.8, 4) is 0 Å². The van der Waals surface area contributed by atoms with Crippen molar-refractivity contribution < 1.29 is 9.59 Å². The highest BCUT2D eigenvalue weighted by molar-refractivity contribution is 6.20. The number of hydrogen-bond donors (Lipinski definition) is 1. The summed E-state index contributed by atoms with van der Waals surface area (Å²) in [6.07, 6.45) is 0.252. The molecule has 0 radical (unpaired) electrons. The van der Waals surface area contributed by atoms with Gasteiger partial charge in [0, 0.05) is 12.3 Å². The standard InChI is InChI=1S/C5H6ClNO2/c6-2-3-1-4(8)7-5(3)9/h3H,1-2H2,(H,7,8,9). The topological polar surface area (TPSA) is 46.2 Å². The highest BCUT2D eigenvalue weighted by Crippen LogP contribution is 2.11. The van der Waals surface area contributed by atoms with Gasteiger partial charge in [-0.25, -0.2) is 0 Å². The third-order valence-electron chi connectivity index (χ3n) is 1.25. The lowest BCUT2D eigenvalue weighted by Crippen LogP contribution is -2.22. The maximum Gasteiger partial charge on any atom is 0.231 e. The molecule has 2 amide bonds. The summed E-state index contributed by atoms with van der Waals surface area (Å²) in [4.78, 5) is 21.0. The van der Waals surface area contributed by atoms with Gasteiger partial charge in [0.2, 0.25) is 11.8 Å². The van der Waals surface area contributed by atoms with Gasteiger partial charge < -0.3 is 0 Å². The second-order valence-electron chi connectivity index (χ2n) is 1.97. The maximum atomic E-state index is 10.6. The third-order valence-corrected chi connectivity index (χ3v) is 1.62. The van der Waals surface area contributed by atoms with Gasteiger partial charge in [-0.2, -0.15) is 0 Å². The summed E-state index contributed by atoms with van der Waals surface area (Å²) >= 11 is 5.35. The van der Waals surface area contributed by atoms with Crippen LogP contribution in [0, 0.1) is 5.92 Å². The van der Waals surface area contributed by atoms with Crippen molar-refractivity contribution in [2.75, 3.05) is 5.88 Å². The van der Waals surface area contributed by atoms with Gasteiger partial charge in [0.05, 0.1) is 5.92 Å². The molecular formula is C5H6ClNO2. The number of rotatable bonds is 1. The average molecular weight is 148 g/mol. The van der Waals surface area contributed by atoms with Crippen LogP contribution in [0.15, 0.2) is 0 Å². The summed E-state index contributed by atoms with van der Waals surface area (Å²) in [7, 11) is 0. The Morgan fingerprint density at radius 1 is 1.67 bits per heavy atom. The van der Waals surface area contributed by atoms with Gasteiger partial charge in [-0.15, -0.1) is 11.6 Å². The molecule has 0 saturated carbocycles. The molecule has 0 spiro atoms. The van der Waals surface area contributed by atoms with E-state index in [-0.39, 0.29) is 30.0 Å². The first-order chi connectivity index (χ1) is 4.24. The molecule has 0 aliphatic carbocycles. The Bertz CT molecular complexity index is 157. The molecule has 1 saturated heterocycles. The summed E-state index contributed by atoms with van der Waals surface area (Å²) in [5.74, 6) is -0.516. The fourth-order valence-corrected chi connectivity index (χ4v) is 0.981. The van der Waals surface area contributed by atoms with E-state index >= 15 is 0 Å². The number of imide groups is 1. The number of halogens is 1. The van der Waals surface area contributed by atoms with E-state index in [1.165, 1.54) is 0 Å². The third kappa shape index (κ3) is 1.21. The van der Waals surface area contributed by atoms with Gasteiger partial charge in [-0.05, 0) is 0 Å². The zero-order chi connectivity index (χ0) is 6.85. The predicted octanol–water partition coefficient (Wildman–Crippen LogP) is -0.112. The van der Waals surface area contributed by atoms with Crippen LogP contribution in [0.5, 0.6) is 0 Å². The summed E-state index contributed by atoms with van der Waals surface area (Å²) in [5.41, 5.74) is 0. The number of amides is 2. The first kappa shape index (κ1) is 6.55. The van der Waals surface area contributed by atoms with Crippen molar-refractivity contribution in [2.24, 2.45) is 5.92 Å². The van der Waals surface area contributed by atoms with Crippen molar-refractivity contribution in [3.63, 3.8) is 0 Å². The first-order valence-electron chi connectivity index (χ1n) is 2.63. The van der Waals surface area contributed by atoms with Crippen LogP contribution in [0.3, 0.4) is 0 Å². The van der Waals surface area contributed by atoms with Crippen LogP contribution in [-0.2, 0) is 9.59 Å². The van der Waals surface area contributed by atoms with Gasteiger partial charge in [0.1, 0.15) is 0 Å². The Morgan fingerprint density at radius 2 is 2.33 bits per heavy atom. The summed E-state index contributed by atoms with van der Waals surface area (Å²) in [6, 6.07) is 0. The van der Waals surface area contributed by atoms with Gasteiger partial charge in [-0.3, -0.25) is 14.9 Å². The molecule has 0 aromatic heterocycles. The van der Waals surface area contributed by atoms with Crippen LogP contribution in [0.1, 0.15) is 6.42 Å². The fourth-order valence-electron chi connectivity index (χ4n) is 0.732. The second kappa shape index (κ2) is 2.35. The average Bonchev–Trinajstić information content (AvgIpc) is 2.10. The Morgan fingerprint density at radius 3 is 2.56 bits per heavy atom. The molecule has 50 valence electrons. The zero-order valence-electron chi connectivity index (χ0n) is 4.69. The van der Waals surface area contributed by atoms with Crippen LogP contribution in [0.2, 0.25) is 0 Å². The minimum absolute atomic E-state index is 0.217. The highest BCUT2D eigenvalue weighted by Gasteiger charge is 2.29. The minimum atomic E-state index is -0.292. The van der Waals surface area contributed by atoms with E-state index in [2.05, 4.69) is 5.32 Å². The largest absolute Gasteiger partial charge is 0.296 e. The van der Waals surface area contributed by atoms with Gasteiger partial charge >= 0.3 is 0 Å². The number of carbonyl (C=O) groups is 2. The smallest absolute Gasteiger partial charge is 0.231 e. The molecule has 3 nitrogen and oxygen atoms in total. The Labute approximate surface area is 57.4 Å². The molecule has 1 rings (SSSR count). The molecule has 4 heteroatoms. The lowest BCUT2D eigenvalue weighted by molar-refractivity contribution is -0.125. The quantitative estimate of drug-likeness (QED) is 0.416. The van der Waals surface area contributed by atoms with E-state index in [9.17, 15) is 9.59 Å². The Hall–Kier alpha value is -0.570. The lowest BCUT2D eigenvalue weighted by atomic mass is 10.1. The van der Waals surface area contributed by atoms with Gasteiger partial charge in [0.25, 0.3) is 0 Å². The summed E-state index contributed by atoms with van der Waals surface area (Å²) < 4.78 is 0. The SMILES string of the molecule is O=C1CC(CCl)C(=O)N1. The molecular weight excluding hydrogens is 142 g/mol. The predicted molar refractivity (Wildman–Crippen MR) is 32.0 cm³/mol. The van der Waals surface area contributed by atoms with Crippen molar-refractivity contribution in [1.29, 1.82) is 0 Å². The van der Waals surface area contributed by atoms with Crippen LogP contribution in [0.25, 0.3) is 0 Å². The molecule has 1 fully saturated rings. The van der Waals surface area contributed by atoms with Crippen molar-refractivity contribution >= 4 is 23.4 Å². The summed E-state index contributed by atoms with van der Waals surface area (Å²) in [6.45, 7) is 0. The molecule has 1 aliphatic heterocycles. The van der Waals surface area contributed by atoms with Gasteiger partial charge in [-0.1, -0.05) is 0 Å². The molecule has 1 N–H and O–H groups in total. The fraction of sp³-hybridized carbons (Fsp3) is 0.600. The highest BCUT2D eigenvalue weighted by atomic mass is 35.5. The summed E-state index contributed by atoms with van der Waals surface area (Å²) in [5, 5.41) is 2.16. The maximum absolute atomic E-state index is 10.6. The monoisotopic (exact) mass is 147 g/mol. The van der Waals surface area contributed by atoms with Crippen LogP contribution in [0.4, 0.5) is 0 Å². The minimum Gasteiger partial charge on any atom is -0.296 e. The second-order valence-corrected chi connectivity index (χ2v) is 2.28.